The number of nitrogens with zero attached hydrogens (tertiary/aromatic N) is 3. The Bertz CT molecular complexity index is 698. The second kappa shape index (κ2) is 5.29. The molecule has 1 N–H and O–H groups in total. The van der Waals surface area contributed by atoms with Gasteiger partial charge in [-0.3, -0.25) is 0 Å². The third kappa shape index (κ3) is 2.86. The Morgan fingerprint density at radius 3 is 2.73 bits per heavy atom. The summed E-state index contributed by atoms with van der Waals surface area (Å²) in [6.45, 7) is 5.30. The number of aromatic nitrogens is 2. The maximum atomic E-state index is 10.9. The molecule has 22 heavy (non-hydrogen) atoms. The molecule has 3 rings (SSSR count). The average Bonchev–Trinajstić information content (AvgIpc) is 2.61. The summed E-state index contributed by atoms with van der Waals surface area (Å²) >= 11 is 0. The molecule has 0 saturated carbocycles. The molecular weight excluding hydrogens is 282 g/mol. The average molecular weight is 299 g/mol. The number of carboxylic acid groups (broad SMARTS) is 1. The summed E-state index contributed by atoms with van der Waals surface area (Å²) in [7, 11) is 0. The van der Waals surface area contributed by atoms with Crippen molar-refractivity contribution >= 4 is 11.8 Å². The molecule has 0 amide bonds. The molecule has 0 aliphatic carbocycles. The Balaban J connectivity index is 1.95. The highest BCUT2D eigenvalue weighted by Gasteiger charge is 2.29. The van der Waals surface area contributed by atoms with Crippen LogP contribution in [0.15, 0.2) is 36.7 Å². The predicted molar refractivity (Wildman–Crippen MR) is 81.2 cm³/mol. The Hall–Kier alpha value is -2.63. The van der Waals surface area contributed by atoms with Gasteiger partial charge in [0, 0.05) is 12.1 Å². The number of benzene rings is 1. The van der Waals surface area contributed by atoms with Crippen molar-refractivity contribution in [2.24, 2.45) is 0 Å². The number of aromatic carboxylic acids is 1. The van der Waals surface area contributed by atoms with E-state index >= 15 is 0 Å². The van der Waals surface area contributed by atoms with Crippen molar-refractivity contribution in [3.8, 4) is 5.75 Å². The number of anilines is 1. The fourth-order valence-electron chi connectivity index (χ4n) is 2.54. The number of carboxylic acids is 1. The number of hydrogen-bond donors (Lipinski definition) is 1. The second-order valence-electron chi connectivity index (χ2n) is 5.89. The van der Waals surface area contributed by atoms with E-state index in [4.69, 9.17) is 9.84 Å². The minimum Gasteiger partial charge on any atom is -0.486 e. The molecule has 0 bridgehead atoms. The van der Waals surface area contributed by atoms with E-state index in [9.17, 15) is 4.79 Å². The minimum atomic E-state index is -1.08. The molecule has 0 fully saturated rings. The highest BCUT2D eigenvalue weighted by Crippen LogP contribution is 2.30. The smallest absolute Gasteiger partial charge is 0.356 e. The Morgan fingerprint density at radius 2 is 2.05 bits per heavy atom. The third-order valence-corrected chi connectivity index (χ3v) is 3.47. The highest BCUT2D eigenvalue weighted by atomic mass is 16.5. The Kier molecular flexibility index (Phi) is 3.44. The van der Waals surface area contributed by atoms with Gasteiger partial charge in [-0.15, -0.1) is 0 Å². The number of ether oxygens (including phenoxy) is 1. The van der Waals surface area contributed by atoms with Gasteiger partial charge in [0.25, 0.3) is 0 Å². The van der Waals surface area contributed by atoms with Crippen molar-refractivity contribution in [3.63, 3.8) is 0 Å². The summed E-state index contributed by atoms with van der Waals surface area (Å²) in [4.78, 5) is 21.1. The monoisotopic (exact) mass is 299 g/mol. The van der Waals surface area contributed by atoms with Crippen molar-refractivity contribution in [2.45, 2.75) is 26.0 Å². The number of fused-ring (bicyclic) bond motifs is 1. The molecule has 2 aromatic rings. The summed E-state index contributed by atoms with van der Waals surface area (Å²) in [6, 6.07) is 7.90. The van der Waals surface area contributed by atoms with Crippen LogP contribution in [0.4, 0.5) is 5.82 Å². The molecule has 1 aliphatic rings. The third-order valence-electron chi connectivity index (χ3n) is 3.47. The van der Waals surface area contributed by atoms with E-state index in [0.29, 0.717) is 18.9 Å². The van der Waals surface area contributed by atoms with E-state index in [1.807, 2.05) is 43.0 Å². The van der Waals surface area contributed by atoms with E-state index < -0.39 is 5.97 Å². The van der Waals surface area contributed by atoms with Crippen LogP contribution in [0.1, 0.15) is 29.9 Å². The molecule has 114 valence electrons. The van der Waals surface area contributed by atoms with Crippen LogP contribution < -0.4 is 9.64 Å². The van der Waals surface area contributed by atoms with Crippen molar-refractivity contribution in [1.29, 1.82) is 0 Å². The van der Waals surface area contributed by atoms with Crippen LogP contribution in [0, 0.1) is 0 Å². The first kappa shape index (κ1) is 14.3. The van der Waals surface area contributed by atoms with Gasteiger partial charge in [0.1, 0.15) is 17.2 Å². The molecular formula is C16H17N3O3. The maximum absolute atomic E-state index is 10.9. The molecule has 6 nitrogen and oxygen atoms in total. The quantitative estimate of drug-likeness (QED) is 0.917. The van der Waals surface area contributed by atoms with E-state index in [0.717, 1.165) is 11.3 Å². The van der Waals surface area contributed by atoms with Crippen LogP contribution in [0.5, 0.6) is 5.75 Å². The lowest BCUT2D eigenvalue weighted by Gasteiger charge is -2.30. The largest absolute Gasteiger partial charge is 0.486 e. The number of hydrogen-bond acceptors (Lipinski definition) is 5. The molecule has 6 heteroatoms. The zero-order valence-electron chi connectivity index (χ0n) is 12.5. The van der Waals surface area contributed by atoms with Gasteiger partial charge in [0.05, 0.1) is 18.9 Å². The second-order valence-corrected chi connectivity index (χ2v) is 5.89. The summed E-state index contributed by atoms with van der Waals surface area (Å²) in [5.41, 5.74) is 0.617. The fourth-order valence-corrected chi connectivity index (χ4v) is 2.54. The first-order valence-corrected chi connectivity index (χ1v) is 7.02. The van der Waals surface area contributed by atoms with Crippen molar-refractivity contribution < 1.29 is 14.6 Å². The van der Waals surface area contributed by atoms with E-state index in [-0.39, 0.29) is 11.3 Å². The van der Waals surface area contributed by atoms with Gasteiger partial charge in [0.2, 0.25) is 0 Å². The van der Waals surface area contributed by atoms with Gasteiger partial charge in [-0.1, -0.05) is 18.2 Å². The zero-order valence-corrected chi connectivity index (χ0v) is 12.5. The number of para-hydroxylation sites is 1. The highest BCUT2D eigenvalue weighted by molar-refractivity contribution is 5.84. The van der Waals surface area contributed by atoms with Crippen LogP contribution in [0.2, 0.25) is 0 Å². The van der Waals surface area contributed by atoms with Crippen LogP contribution >= 0.6 is 0 Å². The van der Waals surface area contributed by atoms with Crippen molar-refractivity contribution in [3.05, 3.63) is 47.9 Å². The molecule has 1 aromatic carbocycles. The van der Waals surface area contributed by atoms with Crippen LogP contribution in [-0.4, -0.2) is 33.2 Å². The zero-order chi connectivity index (χ0) is 15.7. The van der Waals surface area contributed by atoms with Gasteiger partial charge in [-0.25, -0.2) is 14.8 Å². The Labute approximate surface area is 128 Å². The predicted octanol–water partition coefficient (Wildman–Crippen LogP) is 2.35. The van der Waals surface area contributed by atoms with E-state index in [1.54, 1.807) is 0 Å². The van der Waals surface area contributed by atoms with Crippen LogP contribution in [0.3, 0.4) is 0 Å². The lowest BCUT2D eigenvalue weighted by molar-refractivity contribution is 0.0690. The molecule has 1 aromatic heterocycles. The normalized spacial score (nSPS) is 16.4. The van der Waals surface area contributed by atoms with E-state index in [2.05, 4.69) is 9.97 Å². The van der Waals surface area contributed by atoms with Gasteiger partial charge >= 0.3 is 5.97 Å². The van der Waals surface area contributed by atoms with Gasteiger partial charge in [-0.05, 0) is 19.9 Å². The minimum absolute atomic E-state index is 0.0607. The Morgan fingerprint density at radius 1 is 1.27 bits per heavy atom. The molecule has 0 unspecified atom stereocenters. The van der Waals surface area contributed by atoms with Crippen LogP contribution in [-0.2, 0) is 6.54 Å². The summed E-state index contributed by atoms with van der Waals surface area (Å²) in [5.74, 6) is 0.424. The molecule has 0 saturated heterocycles. The summed E-state index contributed by atoms with van der Waals surface area (Å²) in [5, 5.41) is 8.91. The van der Waals surface area contributed by atoms with E-state index in [1.165, 1.54) is 12.4 Å². The molecule has 0 spiro atoms. The lowest BCUT2D eigenvalue weighted by Crippen LogP contribution is -2.41. The van der Waals surface area contributed by atoms with Gasteiger partial charge < -0.3 is 14.7 Å². The SMILES string of the molecule is CC1(C)CN(c2cnc(C(=O)O)cn2)Cc2ccccc2O1. The molecule has 2 heterocycles. The van der Waals surface area contributed by atoms with Crippen molar-refractivity contribution in [2.75, 3.05) is 11.4 Å². The first-order valence-electron chi connectivity index (χ1n) is 7.02. The first-order chi connectivity index (χ1) is 10.4. The molecule has 0 radical (unpaired) electrons. The maximum Gasteiger partial charge on any atom is 0.356 e. The summed E-state index contributed by atoms with van der Waals surface area (Å²) in [6.07, 6.45) is 2.77. The lowest BCUT2D eigenvalue weighted by atomic mass is 10.1. The fraction of sp³-hybridized carbons (Fsp3) is 0.312. The van der Waals surface area contributed by atoms with Gasteiger partial charge in [-0.2, -0.15) is 0 Å². The topological polar surface area (TPSA) is 75.6 Å². The van der Waals surface area contributed by atoms with Gasteiger partial charge in [0.15, 0.2) is 5.69 Å². The standard InChI is InChI=1S/C16H17N3O3/c1-16(2)10-19(9-11-5-3-4-6-13(11)22-16)14-8-17-12(7-18-14)15(20)21/h3-8H,9-10H2,1-2H3,(H,20,21). The number of rotatable bonds is 2. The number of carbonyl (C=O) groups is 1. The molecule has 0 atom stereocenters. The van der Waals surface area contributed by atoms with Crippen molar-refractivity contribution in [1.82, 2.24) is 9.97 Å². The van der Waals surface area contributed by atoms with Crippen LogP contribution in [0.25, 0.3) is 0 Å². The molecule has 1 aliphatic heterocycles. The summed E-state index contributed by atoms with van der Waals surface area (Å²) < 4.78 is 6.07.